The first-order chi connectivity index (χ1) is 10.1. The van der Waals surface area contributed by atoms with E-state index in [0.29, 0.717) is 12.8 Å². The summed E-state index contributed by atoms with van der Waals surface area (Å²) in [6, 6.07) is -0.957. The number of ketones is 1. The molecule has 0 fully saturated rings. The van der Waals surface area contributed by atoms with Crippen LogP contribution in [0, 0.1) is 10.1 Å². The summed E-state index contributed by atoms with van der Waals surface area (Å²) in [6.45, 7) is 4.30. The van der Waals surface area contributed by atoms with Gasteiger partial charge < -0.3 is 6.15 Å². The summed E-state index contributed by atoms with van der Waals surface area (Å²) in [4.78, 5) is 22.6. The second-order valence-corrected chi connectivity index (χ2v) is 5.99. The van der Waals surface area contributed by atoms with Crippen LogP contribution in [0.4, 0.5) is 0 Å². The molecule has 5 heteroatoms. The molecule has 0 saturated heterocycles. The van der Waals surface area contributed by atoms with Gasteiger partial charge in [-0.3, -0.25) is 14.9 Å². The quantitative estimate of drug-likeness (QED) is 0.246. The third-order valence-electron chi connectivity index (χ3n) is 3.98. The van der Waals surface area contributed by atoms with Crippen LogP contribution in [-0.4, -0.2) is 16.7 Å². The Morgan fingerprint density at radius 1 is 0.864 bits per heavy atom. The molecule has 0 aliphatic heterocycles. The van der Waals surface area contributed by atoms with Gasteiger partial charge in [-0.25, -0.2) is 0 Å². The van der Waals surface area contributed by atoms with E-state index in [0.717, 1.165) is 44.9 Å². The lowest BCUT2D eigenvalue weighted by Gasteiger charge is -2.08. The fourth-order valence-electron chi connectivity index (χ4n) is 2.57. The molecule has 0 bridgehead atoms. The number of rotatable bonds is 15. The van der Waals surface area contributed by atoms with Crippen LogP contribution in [0.5, 0.6) is 0 Å². The van der Waals surface area contributed by atoms with Crippen molar-refractivity contribution in [2.75, 3.05) is 0 Å². The van der Waals surface area contributed by atoms with Crippen LogP contribution in [0.1, 0.15) is 97.3 Å². The average molecular weight is 316 g/mol. The minimum Gasteiger partial charge on any atom is -0.344 e. The van der Waals surface area contributed by atoms with E-state index >= 15 is 0 Å². The highest BCUT2D eigenvalue weighted by Crippen LogP contribution is 2.13. The van der Waals surface area contributed by atoms with Crippen molar-refractivity contribution in [3.05, 3.63) is 10.1 Å². The van der Waals surface area contributed by atoms with E-state index in [1.54, 1.807) is 0 Å². The lowest BCUT2D eigenvalue weighted by molar-refractivity contribution is -0.508. The molecule has 0 saturated carbocycles. The number of carbonyl (C=O) groups excluding carboxylic acids is 1. The topological polar surface area (TPSA) is 95.2 Å². The van der Waals surface area contributed by atoms with Crippen molar-refractivity contribution in [1.29, 1.82) is 0 Å². The van der Waals surface area contributed by atoms with Gasteiger partial charge in [-0.2, -0.15) is 0 Å². The molecule has 0 aromatic rings. The Kier molecular flexibility index (Phi) is 17.4. The monoisotopic (exact) mass is 316 g/mol. The Morgan fingerprint density at radius 3 is 1.82 bits per heavy atom. The number of nitrogens with zero attached hydrogens (tertiary/aromatic N) is 1. The molecule has 0 radical (unpaired) electrons. The predicted molar refractivity (Wildman–Crippen MR) is 92.2 cm³/mol. The van der Waals surface area contributed by atoms with Crippen molar-refractivity contribution in [3.63, 3.8) is 0 Å². The molecule has 1 unspecified atom stereocenters. The third kappa shape index (κ3) is 12.7. The molecule has 5 nitrogen and oxygen atoms in total. The first-order valence-electron chi connectivity index (χ1n) is 8.79. The highest BCUT2D eigenvalue weighted by molar-refractivity contribution is 5.82. The minimum atomic E-state index is -0.957. The van der Waals surface area contributed by atoms with E-state index in [-0.39, 0.29) is 16.9 Å². The van der Waals surface area contributed by atoms with Crippen molar-refractivity contribution in [1.82, 2.24) is 6.15 Å². The largest absolute Gasteiger partial charge is 0.344 e. The van der Waals surface area contributed by atoms with E-state index in [1.165, 1.54) is 25.7 Å². The maximum absolute atomic E-state index is 11.9. The normalized spacial score (nSPS) is 11.7. The van der Waals surface area contributed by atoms with Crippen molar-refractivity contribution in [2.45, 2.75) is 103 Å². The van der Waals surface area contributed by atoms with Crippen LogP contribution >= 0.6 is 0 Å². The van der Waals surface area contributed by atoms with E-state index < -0.39 is 6.04 Å². The summed E-state index contributed by atoms with van der Waals surface area (Å²) >= 11 is 0. The molecule has 0 aliphatic carbocycles. The van der Waals surface area contributed by atoms with Crippen LogP contribution in [-0.2, 0) is 4.79 Å². The summed E-state index contributed by atoms with van der Waals surface area (Å²) in [5.41, 5.74) is 0. The van der Waals surface area contributed by atoms with Gasteiger partial charge in [0.15, 0.2) is 0 Å². The predicted octanol–water partition coefficient (Wildman–Crippen LogP) is 5.47. The van der Waals surface area contributed by atoms with Crippen LogP contribution in [0.15, 0.2) is 0 Å². The molecule has 3 N–H and O–H groups in total. The van der Waals surface area contributed by atoms with Crippen molar-refractivity contribution in [3.8, 4) is 0 Å². The Hall–Kier alpha value is -0.970. The Morgan fingerprint density at radius 2 is 1.32 bits per heavy atom. The molecule has 0 amide bonds. The summed E-state index contributed by atoms with van der Waals surface area (Å²) in [5.74, 6) is -0.162. The van der Waals surface area contributed by atoms with Gasteiger partial charge in [-0.1, -0.05) is 71.6 Å². The van der Waals surface area contributed by atoms with Gasteiger partial charge in [0.25, 0.3) is 6.04 Å². The number of nitro groups is 1. The zero-order valence-electron chi connectivity index (χ0n) is 14.6. The third-order valence-corrected chi connectivity index (χ3v) is 3.98. The smallest absolute Gasteiger partial charge is 0.270 e. The highest BCUT2D eigenvalue weighted by atomic mass is 16.6. The zero-order chi connectivity index (χ0) is 15.9. The summed E-state index contributed by atoms with van der Waals surface area (Å²) in [6.07, 6.45) is 12.8. The van der Waals surface area contributed by atoms with Crippen molar-refractivity contribution >= 4 is 5.78 Å². The second-order valence-electron chi connectivity index (χ2n) is 5.99. The Bertz CT molecular complexity index is 283. The summed E-state index contributed by atoms with van der Waals surface area (Å²) < 4.78 is 0. The lowest BCUT2D eigenvalue weighted by Crippen LogP contribution is -2.29. The van der Waals surface area contributed by atoms with Gasteiger partial charge >= 0.3 is 0 Å². The molecule has 132 valence electrons. The maximum atomic E-state index is 11.9. The fourth-order valence-corrected chi connectivity index (χ4v) is 2.57. The minimum absolute atomic E-state index is 0. The van der Waals surface area contributed by atoms with Gasteiger partial charge in [0.05, 0.1) is 0 Å². The molecule has 1 atom stereocenters. The summed E-state index contributed by atoms with van der Waals surface area (Å²) in [7, 11) is 0. The van der Waals surface area contributed by atoms with E-state index in [4.69, 9.17) is 0 Å². The SMILES string of the molecule is CCCCCCCCCC(=O)C(CCCCCC)[N+](=O)[O-].N. The molecular formula is C17H36N2O3. The van der Waals surface area contributed by atoms with E-state index in [2.05, 4.69) is 13.8 Å². The number of carbonyl (C=O) groups is 1. The Labute approximate surface area is 136 Å². The fraction of sp³-hybridized carbons (Fsp3) is 0.941. The zero-order valence-corrected chi connectivity index (χ0v) is 14.6. The van der Waals surface area contributed by atoms with Gasteiger partial charge in [-0.15, -0.1) is 0 Å². The average Bonchev–Trinajstić information content (AvgIpc) is 2.45. The molecule has 22 heavy (non-hydrogen) atoms. The molecular weight excluding hydrogens is 280 g/mol. The van der Waals surface area contributed by atoms with Crippen LogP contribution in [0.3, 0.4) is 0 Å². The lowest BCUT2D eigenvalue weighted by atomic mass is 9.99. The van der Waals surface area contributed by atoms with E-state index in [1.807, 2.05) is 0 Å². The first kappa shape index (κ1) is 23.3. The van der Waals surface area contributed by atoms with Gasteiger partial charge in [-0.05, 0) is 12.8 Å². The summed E-state index contributed by atoms with van der Waals surface area (Å²) in [5, 5.41) is 11.0. The molecule has 0 rings (SSSR count). The van der Waals surface area contributed by atoms with Crippen molar-refractivity contribution in [2.24, 2.45) is 0 Å². The van der Waals surface area contributed by atoms with Crippen LogP contribution < -0.4 is 6.15 Å². The second kappa shape index (κ2) is 16.4. The van der Waals surface area contributed by atoms with Gasteiger partial charge in [0.2, 0.25) is 5.78 Å². The highest BCUT2D eigenvalue weighted by Gasteiger charge is 2.27. The Balaban J connectivity index is 0. The van der Waals surface area contributed by atoms with Crippen LogP contribution in [0.25, 0.3) is 0 Å². The molecule has 0 aliphatic rings. The van der Waals surface area contributed by atoms with Gasteiger partial charge in [0, 0.05) is 17.8 Å². The van der Waals surface area contributed by atoms with E-state index in [9.17, 15) is 14.9 Å². The molecule has 0 heterocycles. The first-order valence-corrected chi connectivity index (χ1v) is 8.79. The number of unbranched alkanes of at least 4 members (excludes halogenated alkanes) is 9. The molecule has 0 spiro atoms. The maximum Gasteiger partial charge on any atom is 0.270 e. The van der Waals surface area contributed by atoms with Gasteiger partial charge in [0.1, 0.15) is 0 Å². The molecule has 0 aromatic carbocycles. The standard InChI is InChI=1S/C17H33NO3.H3N/c1-3-5-7-9-10-11-13-15-17(19)16(18(20)21)14-12-8-6-4-2;/h16H,3-15H2,1-2H3;1H3. The number of Topliss-reactive ketones (excluding diaryl/α,β-unsaturated/α-hetero) is 1. The number of hydrogen-bond donors (Lipinski definition) is 1. The van der Waals surface area contributed by atoms with Crippen molar-refractivity contribution < 1.29 is 9.72 Å². The number of hydrogen-bond acceptors (Lipinski definition) is 4. The molecule has 0 aromatic heterocycles. The van der Waals surface area contributed by atoms with Crippen LogP contribution in [0.2, 0.25) is 0 Å².